The first-order valence-corrected chi connectivity index (χ1v) is 17.6. The van der Waals surface area contributed by atoms with Crippen LogP contribution in [0.2, 0.25) is 0 Å². The van der Waals surface area contributed by atoms with Crippen molar-refractivity contribution in [1.82, 2.24) is 19.1 Å². The predicted molar refractivity (Wildman–Crippen MR) is 204 cm³/mol. The van der Waals surface area contributed by atoms with Gasteiger partial charge in [0.25, 0.3) is 0 Å². The summed E-state index contributed by atoms with van der Waals surface area (Å²) >= 11 is 3.07. The molecule has 0 radical (unpaired) electrons. The van der Waals surface area contributed by atoms with Gasteiger partial charge in [0.15, 0.2) is 0 Å². The minimum absolute atomic E-state index is 0.203. The fraction of sp³-hybridized carbons (Fsp3) is 0.171. The molecule has 0 amide bonds. The number of alkyl halides is 2. The summed E-state index contributed by atoms with van der Waals surface area (Å²) < 4.78 is 20.9. The van der Waals surface area contributed by atoms with Crippen molar-refractivity contribution >= 4 is 59.3 Å². The van der Waals surface area contributed by atoms with Crippen LogP contribution in [0.15, 0.2) is 134 Å². The normalized spacial score (nSPS) is 10.9. The van der Waals surface area contributed by atoms with Crippen molar-refractivity contribution < 1.29 is 14.2 Å². The molecule has 4 aromatic heterocycles. The SMILES string of the molecule is CCCCOc1ccc2cc(-n3ccc4ccccc43)ncc2c1.Oc1ccc2cc(-n3ccc4ccccc43)ncc2c1.[19F]CCCBr. The highest BCUT2D eigenvalue weighted by molar-refractivity contribution is 9.09. The zero-order valence-corrected chi connectivity index (χ0v) is 28.9. The first-order valence-electron chi connectivity index (χ1n) is 16.4. The van der Waals surface area contributed by atoms with Crippen LogP contribution in [0.4, 0.5) is 4.39 Å². The summed E-state index contributed by atoms with van der Waals surface area (Å²) in [6.07, 6.45) is 10.7. The molecule has 4 aromatic carbocycles. The number of nitrogens with zero attached hydrogens (tertiary/aromatic N) is 4. The van der Waals surface area contributed by atoms with Crippen LogP contribution < -0.4 is 4.74 Å². The van der Waals surface area contributed by atoms with Gasteiger partial charge in [0, 0.05) is 40.9 Å². The molecule has 0 unspecified atom stereocenters. The quantitative estimate of drug-likeness (QED) is 0.126. The molecule has 0 atom stereocenters. The Bertz CT molecular complexity index is 2300. The number of ether oxygens (including phenoxy) is 1. The molecule has 0 spiro atoms. The van der Waals surface area contributed by atoms with Crippen LogP contribution in [-0.2, 0) is 0 Å². The largest absolute Gasteiger partial charge is 0.508 e. The Hall–Kier alpha value is -5.21. The molecule has 8 heteroatoms. The lowest BCUT2D eigenvalue weighted by Crippen LogP contribution is -1.97. The van der Waals surface area contributed by atoms with Crippen LogP contribution >= 0.6 is 15.9 Å². The van der Waals surface area contributed by atoms with Gasteiger partial charge in [-0.15, -0.1) is 0 Å². The van der Waals surface area contributed by atoms with E-state index in [4.69, 9.17) is 4.74 Å². The monoisotopic (exact) mass is 716 g/mol. The van der Waals surface area contributed by atoms with Crippen molar-refractivity contribution in [2.75, 3.05) is 18.6 Å². The smallest absolute Gasteiger partial charge is 0.137 e. The third-order valence-electron chi connectivity index (χ3n) is 8.10. The molecule has 0 bridgehead atoms. The fourth-order valence-electron chi connectivity index (χ4n) is 5.53. The fourth-order valence-corrected chi connectivity index (χ4v) is 5.74. The van der Waals surface area contributed by atoms with E-state index < -0.39 is 0 Å². The van der Waals surface area contributed by atoms with Gasteiger partial charge < -0.3 is 19.0 Å². The molecule has 0 saturated carbocycles. The second-order valence-corrected chi connectivity index (χ2v) is 12.3. The number of phenols is 1. The van der Waals surface area contributed by atoms with E-state index in [1.807, 2.05) is 42.7 Å². The first kappa shape index (κ1) is 33.7. The molecular formula is C41H38BrFN4O2. The predicted octanol–water partition coefficient (Wildman–Crippen LogP) is 11.0. The number of hydrogen-bond acceptors (Lipinski definition) is 4. The number of unbranched alkanes of at least 4 members (excludes halogenated alkanes) is 1. The first-order chi connectivity index (χ1) is 24.1. The zero-order valence-electron chi connectivity index (χ0n) is 27.3. The summed E-state index contributed by atoms with van der Waals surface area (Å²) in [6, 6.07) is 36.5. The van der Waals surface area contributed by atoms with Crippen LogP contribution in [0.3, 0.4) is 0 Å². The average molecular weight is 718 g/mol. The van der Waals surface area contributed by atoms with Gasteiger partial charge in [0.1, 0.15) is 23.1 Å². The summed E-state index contributed by atoms with van der Waals surface area (Å²) in [7, 11) is 0. The second-order valence-electron chi connectivity index (χ2n) is 11.5. The molecule has 8 aromatic rings. The molecule has 8 rings (SSSR count). The molecule has 0 fully saturated rings. The van der Waals surface area contributed by atoms with Crippen molar-refractivity contribution in [3.63, 3.8) is 0 Å². The third-order valence-corrected chi connectivity index (χ3v) is 8.66. The van der Waals surface area contributed by atoms with Gasteiger partial charge in [-0.1, -0.05) is 77.8 Å². The van der Waals surface area contributed by atoms with E-state index in [1.54, 1.807) is 18.3 Å². The van der Waals surface area contributed by atoms with Gasteiger partial charge in [0.05, 0.1) is 24.3 Å². The molecule has 4 heterocycles. The Morgan fingerprint density at radius 2 is 1.22 bits per heavy atom. The minimum atomic E-state index is -0.203. The van der Waals surface area contributed by atoms with Gasteiger partial charge in [-0.05, 0) is 95.1 Å². The van der Waals surface area contributed by atoms with Crippen molar-refractivity contribution in [2.24, 2.45) is 0 Å². The van der Waals surface area contributed by atoms with Gasteiger partial charge >= 0.3 is 0 Å². The van der Waals surface area contributed by atoms with Crippen molar-refractivity contribution in [1.29, 1.82) is 0 Å². The lowest BCUT2D eigenvalue weighted by Gasteiger charge is -2.09. The number of aromatic hydroxyl groups is 1. The van der Waals surface area contributed by atoms with Crippen LogP contribution in [-0.4, -0.2) is 42.8 Å². The lowest BCUT2D eigenvalue weighted by molar-refractivity contribution is 0.310. The standard InChI is InChI=1S/C21H20N2O.C17H12N2O.C3H6BrF/c1-2-3-12-24-19-9-8-17-14-21(22-15-18(17)13-19)23-11-10-16-6-4-5-7-20(16)23;20-15-6-5-13-10-17(18-11-14(13)9-15)19-8-7-12-3-1-2-4-16(12)19;4-2-1-3-5/h4-11,13-15H,2-3,12H2,1H3;1-11,20H;1-3H2/i;;5+0. The Balaban J connectivity index is 0.000000152. The molecule has 0 aliphatic heterocycles. The summed E-state index contributed by atoms with van der Waals surface area (Å²) in [5.41, 5.74) is 2.31. The number of hydrogen-bond donors (Lipinski definition) is 1. The summed E-state index contributed by atoms with van der Waals surface area (Å²) in [4.78, 5) is 9.14. The van der Waals surface area contributed by atoms with Crippen LogP contribution in [0.5, 0.6) is 11.5 Å². The van der Waals surface area contributed by atoms with E-state index >= 15 is 0 Å². The van der Waals surface area contributed by atoms with Gasteiger partial charge in [-0.25, -0.2) is 9.97 Å². The number of pyridine rings is 2. The van der Waals surface area contributed by atoms with Gasteiger partial charge in [-0.2, -0.15) is 0 Å². The topological polar surface area (TPSA) is 65.1 Å². The highest BCUT2D eigenvalue weighted by Gasteiger charge is 2.07. The Morgan fingerprint density at radius 3 is 1.78 bits per heavy atom. The zero-order chi connectivity index (χ0) is 34.0. The maximum atomic E-state index is 11.0. The number of benzene rings is 4. The molecule has 1 N–H and O–H groups in total. The maximum Gasteiger partial charge on any atom is 0.137 e. The molecule has 248 valence electrons. The Labute approximate surface area is 293 Å². The van der Waals surface area contributed by atoms with Crippen LogP contribution in [0.1, 0.15) is 26.2 Å². The Morgan fingerprint density at radius 1 is 0.653 bits per heavy atom. The van der Waals surface area contributed by atoms with E-state index in [0.717, 1.165) is 63.8 Å². The number of para-hydroxylation sites is 2. The van der Waals surface area contributed by atoms with E-state index in [2.05, 4.69) is 115 Å². The van der Waals surface area contributed by atoms with E-state index in [0.29, 0.717) is 6.42 Å². The van der Waals surface area contributed by atoms with Crippen molar-refractivity contribution in [3.8, 4) is 23.1 Å². The van der Waals surface area contributed by atoms with Crippen LogP contribution in [0, 0.1) is 0 Å². The minimum Gasteiger partial charge on any atom is -0.508 e. The van der Waals surface area contributed by atoms with E-state index in [-0.39, 0.29) is 12.4 Å². The van der Waals surface area contributed by atoms with E-state index in [9.17, 15) is 9.50 Å². The van der Waals surface area contributed by atoms with Gasteiger partial charge in [-0.3, -0.25) is 4.39 Å². The number of fused-ring (bicyclic) bond motifs is 4. The van der Waals surface area contributed by atoms with Crippen LogP contribution in [0.25, 0.3) is 55.0 Å². The molecular weight excluding hydrogens is 679 g/mol. The Kier molecular flexibility index (Phi) is 11.2. The number of halogens is 2. The molecule has 0 aliphatic rings. The summed E-state index contributed by atoms with van der Waals surface area (Å²) in [5, 5.41) is 17.0. The molecule has 6 nitrogen and oxygen atoms in total. The highest BCUT2D eigenvalue weighted by atomic mass is 79.9. The highest BCUT2D eigenvalue weighted by Crippen LogP contribution is 2.26. The number of aromatic nitrogens is 4. The number of phenolic OH excluding ortho intramolecular Hbond substituents is 1. The summed E-state index contributed by atoms with van der Waals surface area (Å²) in [5.74, 6) is 2.99. The number of rotatable bonds is 8. The van der Waals surface area contributed by atoms with Gasteiger partial charge in [0.2, 0.25) is 0 Å². The lowest BCUT2D eigenvalue weighted by atomic mass is 10.1. The summed E-state index contributed by atoms with van der Waals surface area (Å²) in [6.45, 7) is 2.73. The second kappa shape index (κ2) is 16.3. The molecule has 49 heavy (non-hydrogen) atoms. The average Bonchev–Trinajstić information content (AvgIpc) is 3.77. The van der Waals surface area contributed by atoms with Crippen molar-refractivity contribution in [2.45, 2.75) is 26.2 Å². The third kappa shape index (κ3) is 8.09. The van der Waals surface area contributed by atoms with E-state index in [1.165, 1.54) is 21.7 Å². The molecule has 0 aliphatic carbocycles. The maximum absolute atomic E-state index is 11.0. The molecule has 0 saturated heterocycles. The van der Waals surface area contributed by atoms with Crippen molar-refractivity contribution in [3.05, 3.63) is 134 Å².